The van der Waals surface area contributed by atoms with Crippen LogP contribution in [-0.4, -0.2) is 24.3 Å². The topological polar surface area (TPSA) is 55.8 Å². The molecule has 0 saturated carbocycles. The Morgan fingerprint density at radius 2 is 2.19 bits per heavy atom. The minimum Gasteiger partial charge on any atom is -0.494 e. The van der Waals surface area contributed by atoms with Gasteiger partial charge in [0.15, 0.2) is 0 Å². The first-order valence-corrected chi connectivity index (χ1v) is 7.80. The lowest BCUT2D eigenvalue weighted by Crippen LogP contribution is -2.04. The fraction of sp³-hybridized carbons (Fsp3) is 0.588. The molecule has 116 valence electrons. The maximum Gasteiger partial charge on any atom is 0.305 e. The second kappa shape index (κ2) is 8.03. The van der Waals surface area contributed by atoms with Crippen molar-refractivity contribution in [3.63, 3.8) is 0 Å². The fourth-order valence-electron chi connectivity index (χ4n) is 2.63. The molecule has 0 fully saturated rings. The van der Waals surface area contributed by atoms with E-state index in [4.69, 9.17) is 9.47 Å². The number of unbranched alkanes of at least 4 members (excludes halogenated alkanes) is 2. The average molecular weight is 292 g/mol. The molecule has 21 heavy (non-hydrogen) atoms. The van der Waals surface area contributed by atoms with Gasteiger partial charge in [0.1, 0.15) is 5.75 Å². The molecule has 1 unspecified atom stereocenters. The van der Waals surface area contributed by atoms with E-state index < -0.39 is 0 Å². The first kappa shape index (κ1) is 15.8. The summed E-state index contributed by atoms with van der Waals surface area (Å²) in [5.41, 5.74) is 2.24. The highest BCUT2D eigenvalue weighted by molar-refractivity contribution is 5.69. The van der Waals surface area contributed by atoms with E-state index in [9.17, 15) is 9.90 Å². The standard InChI is InChI=1S/C17H24O4/c1-2-20-17(19)6-4-3-5-11-21-14-8-9-15-13(12-14)7-10-16(15)18/h8-9,12,16,18H,2-7,10-11H2,1H3. The number of carbonyl (C=O) groups is 1. The van der Waals surface area contributed by atoms with Crippen LogP contribution in [0.4, 0.5) is 0 Å². The summed E-state index contributed by atoms with van der Waals surface area (Å²) in [6.45, 7) is 2.93. The molecule has 0 aliphatic heterocycles. The van der Waals surface area contributed by atoms with Crippen LogP contribution >= 0.6 is 0 Å². The Morgan fingerprint density at radius 1 is 1.33 bits per heavy atom. The first-order chi connectivity index (χ1) is 10.2. The number of carbonyl (C=O) groups excluding carboxylic acids is 1. The summed E-state index contributed by atoms with van der Waals surface area (Å²) in [6, 6.07) is 5.92. The van der Waals surface area contributed by atoms with Gasteiger partial charge in [-0.15, -0.1) is 0 Å². The zero-order valence-electron chi connectivity index (χ0n) is 12.6. The largest absolute Gasteiger partial charge is 0.494 e. The minimum absolute atomic E-state index is 0.115. The van der Waals surface area contributed by atoms with Gasteiger partial charge in [-0.3, -0.25) is 4.79 Å². The molecule has 1 atom stereocenters. The third-order valence-corrected chi connectivity index (χ3v) is 3.76. The van der Waals surface area contributed by atoms with Gasteiger partial charge in [-0.05, 0) is 62.3 Å². The van der Waals surface area contributed by atoms with Gasteiger partial charge in [-0.2, -0.15) is 0 Å². The van der Waals surface area contributed by atoms with Crippen LogP contribution in [0.25, 0.3) is 0 Å². The van der Waals surface area contributed by atoms with Gasteiger partial charge in [-0.1, -0.05) is 6.07 Å². The van der Waals surface area contributed by atoms with E-state index in [2.05, 4.69) is 0 Å². The van der Waals surface area contributed by atoms with Crippen molar-refractivity contribution in [3.05, 3.63) is 29.3 Å². The van der Waals surface area contributed by atoms with E-state index in [-0.39, 0.29) is 12.1 Å². The molecule has 1 N–H and O–H groups in total. The molecule has 4 heteroatoms. The van der Waals surface area contributed by atoms with Crippen molar-refractivity contribution in [1.29, 1.82) is 0 Å². The van der Waals surface area contributed by atoms with Gasteiger partial charge in [0.2, 0.25) is 0 Å². The minimum atomic E-state index is -0.308. The number of hydrogen-bond donors (Lipinski definition) is 1. The molecule has 1 aliphatic rings. The van der Waals surface area contributed by atoms with Crippen LogP contribution in [0.2, 0.25) is 0 Å². The van der Waals surface area contributed by atoms with Crippen molar-refractivity contribution in [2.45, 2.75) is 51.6 Å². The predicted molar refractivity (Wildman–Crippen MR) is 80.3 cm³/mol. The summed E-state index contributed by atoms with van der Waals surface area (Å²) in [5, 5.41) is 9.75. The monoisotopic (exact) mass is 292 g/mol. The van der Waals surface area contributed by atoms with Gasteiger partial charge >= 0.3 is 5.97 Å². The fourth-order valence-corrected chi connectivity index (χ4v) is 2.63. The summed E-state index contributed by atoms with van der Waals surface area (Å²) in [7, 11) is 0. The quantitative estimate of drug-likeness (QED) is 0.590. The Hall–Kier alpha value is -1.55. The molecule has 2 rings (SSSR count). The molecule has 0 aromatic heterocycles. The molecule has 1 aromatic carbocycles. The average Bonchev–Trinajstić information content (AvgIpc) is 2.84. The number of aliphatic hydroxyl groups excluding tert-OH is 1. The number of rotatable bonds is 8. The van der Waals surface area contributed by atoms with E-state index in [1.54, 1.807) is 0 Å². The van der Waals surface area contributed by atoms with Crippen LogP contribution in [0.5, 0.6) is 5.75 Å². The lowest BCUT2D eigenvalue weighted by atomic mass is 10.1. The molecule has 0 spiro atoms. The summed E-state index contributed by atoms with van der Waals surface area (Å²) in [6.07, 6.45) is 4.65. The van der Waals surface area contributed by atoms with Crippen LogP contribution < -0.4 is 4.74 Å². The normalized spacial score (nSPS) is 16.6. The van der Waals surface area contributed by atoms with Crippen molar-refractivity contribution >= 4 is 5.97 Å². The van der Waals surface area contributed by atoms with E-state index in [1.807, 2.05) is 25.1 Å². The molecule has 1 aromatic rings. The van der Waals surface area contributed by atoms with Crippen molar-refractivity contribution in [2.75, 3.05) is 13.2 Å². The lowest BCUT2D eigenvalue weighted by molar-refractivity contribution is -0.143. The molecule has 1 aliphatic carbocycles. The molecular formula is C17H24O4. The van der Waals surface area contributed by atoms with Crippen LogP contribution in [0, 0.1) is 0 Å². The molecule has 4 nitrogen and oxygen atoms in total. The second-order valence-electron chi connectivity index (χ2n) is 5.38. The number of esters is 1. The Balaban J connectivity index is 1.62. The molecule has 0 saturated heterocycles. The number of fused-ring (bicyclic) bond motifs is 1. The van der Waals surface area contributed by atoms with Crippen molar-refractivity contribution in [1.82, 2.24) is 0 Å². The van der Waals surface area contributed by atoms with Gasteiger partial charge < -0.3 is 14.6 Å². The van der Waals surface area contributed by atoms with Gasteiger partial charge in [0, 0.05) is 6.42 Å². The lowest BCUT2D eigenvalue weighted by Gasteiger charge is -2.09. The molecule has 0 amide bonds. The van der Waals surface area contributed by atoms with Crippen molar-refractivity contribution in [2.24, 2.45) is 0 Å². The number of hydrogen-bond acceptors (Lipinski definition) is 4. The van der Waals surface area contributed by atoms with Crippen LogP contribution in [0.1, 0.15) is 56.3 Å². The second-order valence-corrected chi connectivity index (χ2v) is 5.38. The van der Waals surface area contributed by atoms with Crippen LogP contribution in [0.3, 0.4) is 0 Å². The molecule has 0 heterocycles. The van der Waals surface area contributed by atoms with Gasteiger partial charge in [0.05, 0.1) is 19.3 Å². The Labute approximate surface area is 126 Å². The van der Waals surface area contributed by atoms with Crippen LogP contribution in [0.15, 0.2) is 18.2 Å². The van der Waals surface area contributed by atoms with Crippen molar-refractivity contribution < 1.29 is 19.4 Å². The molecule has 0 bridgehead atoms. The van der Waals surface area contributed by atoms with E-state index >= 15 is 0 Å². The van der Waals surface area contributed by atoms with E-state index in [0.29, 0.717) is 19.6 Å². The summed E-state index contributed by atoms with van der Waals surface area (Å²) >= 11 is 0. The third kappa shape index (κ3) is 4.74. The summed E-state index contributed by atoms with van der Waals surface area (Å²) in [5.74, 6) is 0.754. The van der Waals surface area contributed by atoms with Gasteiger partial charge in [-0.25, -0.2) is 0 Å². The Morgan fingerprint density at radius 3 is 3.00 bits per heavy atom. The predicted octanol–water partition coefficient (Wildman–Crippen LogP) is 3.17. The van der Waals surface area contributed by atoms with E-state index in [1.165, 1.54) is 5.56 Å². The molecular weight excluding hydrogens is 268 g/mol. The third-order valence-electron chi connectivity index (χ3n) is 3.76. The van der Waals surface area contributed by atoms with E-state index in [0.717, 1.165) is 43.4 Å². The summed E-state index contributed by atoms with van der Waals surface area (Å²) in [4.78, 5) is 11.2. The smallest absolute Gasteiger partial charge is 0.305 e. The highest BCUT2D eigenvalue weighted by Crippen LogP contribution is 2.33. The number of aryl methyl sites for hydroxylation is 1. The highest BCUT2D eigenvalue weighted by Gasteiger charge is 2.20. The number of benzene rings is 1. The highest BCUT2D eigenvalue weighted by atomic mass is 16.5. The Kier molecular flexibility index (Phi) is 6.05. The number of ether oxygens (including phenoxy) is 2. The first-order valence-electron chi connectivity index (χ1n) is 7.80. The zero-order valence-corrected chi connectivity index (χ0v) is 12.6. The van der Waals surface area contributed by atoms with Crippen molar-refractivity contribution in [3.8, 4) is 5.75 Å². The van der Waals surface area contributed by atoms with Gasteiger partial charge in [0.25, 0.3) is 0 Å². The molecule has 0 radical (unpaired) electrons. The SMILES string of the molecule is CCOC(=O)CCCCCOc1ccc2c(c1)CCC2O. The Bertz CT molecular complexity index is 470. The zero-order chi connectivity index (χ0) is 15.1. The maximum atomic E-state index is 11.2. The maximum absolute atomic E-state index is 11.2. The summed E-state index contributed by atoms with van der Waals surface area (Å²) < 4.78 is 10.6. The van der Waals surface area contributed by atoms with Crippen LogP contribution in [-0.2, 0) is 16.0 Å². The number of aliphatic hydroxyl groups is 1.